The molecule has 0 saturated carbocycles. The number of benzene rings is 2. The molecule has 10 heteroatoms. The summed E-state index contributed by atoms with van der Waals surface area (Å²) in [6.07, 6.45) is 3.20. The normalized spacial score (nSPS) is 15.9. The molecule has 1 aromatic heterocycles. The number of nitrogens with zero attached hydrogens (tertiary/aromatic N) is 2. The number of fused-ring (bicyclic) bond motifs is 1. The minimum absolute atomic E-state index is 0. The lowest BCUT2D eigenvalue weighted by molar-refractivity contribution is -0.117. The van der Waals surface area contributed by atoms with E-state index in [0.717, 1.165) is 19.3 Å². The molecular formula is C28H38N6O4. The first-order valence-corrected chi connectivity index (χ1v) is 12.5. The van der Waals surface area contributed by atoms with E-state index in [1.54, 1.807) is 30.3 Å². The lowest BCUT2D eigenvalue weighted by atomic mass is 9.96. The number of rotatable bonds is 6. The SMILES string of the molecule is C.CC(C)(C)CNC(=O)c1ccc(N2CCCCC[C@@H]2C(=O)Nc2ccc3nc(N)[nH]c3c2)c(C(=O)O)c1. The summed E-state index contributed by atoms with van der Waals surface area (Å²) in [6.45, 7) is 7.01. The molecular weight excluding hydrogens is 484 g/mol. The number of carbonyl (C=O) groups excluding carboxylic acids is 2. The van der Waals surface area contributed by atoms with Crippen LogP contribution in [0.1, 0.15) is 74.6 Å². The van der Waals surface area contributed by atoms with Crippen molar-refractivity contribution in [2.75, 3.05) is 29.0 Å². The van der Waals surface area contributed by atoms with Crippen molar-refractivity contribution >= 4 is 46.1 Å². The Morgan fingerprint density at radius 3 is 2.61 bits per heavy atom. The predicted octanol–water partition coefficient (Wildman–Crippen LogP) is 4.64. The summed E-state index contributed by atoms with van der Waals surface area (Å²) < 4.78 is 0. The number of carboxylic acids is 1. The summed E-state index contributed by atoms with van der Waals surface area (Å²) >= 11 is 0. The van der Waals surface area contributed by atoms with E-state index in [1.807, 2.05) is 25.7 Å². The molecule has 10 nitrogen and oxygen atoms in total. The second-order valence-corrected chi connectivity index (χ2v) is 10.7. The Kier molecular flexibility index (Phi) is 8.65. The highest BCUT2D eigenvalue weighted by atomic mass is 16.4. The van der Waals surface area contributed by atoms with Gasteiger partial charge in [0.2, 0.25) is 5.91 Å². The van der Waals surface area contributed by atoms with Crippen molar-refractivity contribution in [3.63, 3.8) is 0 Å². The zero-order chi connectivity index (χ0) is 26.7. The highest BCUT2D eigenvalue weighted by Crippen LogP contribution is 2.30. The lowest BCUT2D eigenvalue weighted by Crippen LogP contribution is -2.44. The molecule has 1 saturated heterocycles. The summed E-state index contributed by atoms with van der Waals surface area (Å²) in [5.41, 5.74) is 8.32. The Morgan fingerprint density at radius 1 is 1.13 bits per heavy atom. The topological polar surface area (TPSA) is 153 Å². The van der Waals surface area contributed by atoms with Crippen molar-refractivity contribution in [3.8, 4) is 0 Å². The van der Waals surface area contributed by atoms with E-state index in [4.69, 9.17) is 5.73 Å². The van der Waals surface area contributed by atoms with Crippen molar-refractivity contribution in [1.82, 2.24) is 15.3 Å². The third kappa shape index (κ3) is 6.62. The van der Waals surface area contributed by atoms with Gasteiger partial charge in [-0.3, -0.25) is 9.59 Å². The van der Waals surface area contributed by atoms with E-state index in [-0.39, 0.29) is 35.8 Å². The van der Waals surface area contributed by atoms with E-state index < -0.39 is 12.0 Å². The molecule has 0 spiro atoms. The molecule has 1 fully saturated rings. The van der Waals surface area contributed by atoms with Gasteiger partial charge in [-0.15, -0.1) is 0 Å². The van der Waals surface area contributed by atoms with Crippen LogP contribution in [0.5, 0.6) is 0 Å². The van der Waals surface area contributed by atoms with Gasteiger partial charge in [0.15, 0.2) is 5.95 Å². The number of H-pyrrole nitrogens is 1. The standard InChI is InChI=1S/C27H34N6O4.CH4/c1-27(2,3)15-29-23(34)16-8-11-21(18(13-16)25(36)37)33-12-6-4-5-7-22(33)24(35)30-17-9-10-19-20(14-17)32-26(28)31-19;/h8-11,13-14,22H,4-7,12,15H2,1-3H3,(H,29,34)(H,30,35)(H,36,37)(H3,28,31,32);1H4/t22-;/m1./s1. The first kappa shape index (κ1) is 28.5. The zero-order valence-corrected chi connectivity index (χ0v) is 21.4. The number of aromatic amines is 1. The van der Waals surface area contributed by atoms with Crippen LogP contribution in [0.4, 0.5) is 17.3 Å². The minimum Gasteiger partial charge on any atom is -0.478 e. The average Bonchev–Trinajstić information content (AvgIpc) is 3.04. The molecule has 4 rings (SSSR count). The minimum atomic E-state index is -1.15. The van der Waals surface area contributed by atoms with E-state index in [2.05, 4.69) is 20.6 Å². The molecule has 38 heavy (non-hydrogen) atoms. The Labute approximate surface area is 223 Å². The smallest absolute Gasteiger partial charge is 0.337 e. The van der Waals surface area contributed by atoms with Crippen LogP contribution >= 0.6 is 0 Å². The number of amides is 2. The van der Waals surface area contributed by atoms with Gasteiger partial charge in [-0.1, -0.05) is 41.0 Å². The highest BCUT2D eigenvalue weighted by molar-refractivity contribution is 6.03. The van der Waals surface area contributed by atoms with Crippen LogP contribution in [0.25, 0.3) is 11.0 Å². The highest BCUT2D eigenvalue weighted by Gasteiger charge is 2.31. The Morgan fingerprint density at radius 2 is 1.89 bits per heavy atom. The van der Waals surface area contributed by atoms with Crippen molar-refractivity contribution in [2.45, 2.75) is 59.9 Å². The zero-order valence-electron chi connectivity index (χ0n) is 21.4. The van der Waals surface area contributed by atoms with Crippen LogP contribution in [0, 0.1) is 5.41 Å². The fraction of sp³-hybridized carbons (Fsp3) is 0.429. The molecule has 1 aliphatic rings. The number of nitrogen functional groups attached to an aromatic ring is 1. The summed E-state index contributed by atoms with van der Waals surface area (Å²) in [6, 6.07) is 9.39. The molecule has 2 aromatic carbocycles. The summed E-state index contributed by atoms with van der Waals surface area (Å²) in [5.74, 6) is -1.41. The number of nitrogens with one attached hydrogen (secondary N) is 3. The first-order valence-electron chi connectivity index (χ1n) is 12.5. The van der Waals surface area contributed by atoms with Crippen molar-refractivity contribution in [1.29, 1.82) is 0 Å². The number of aromatic carboxylic acids is 1. The van der Waals surface area contributed by atoms with Crippen LogP contribution in [-0.2, 0) is 4.79 Å². The van der Waals surface area contributed by atoms with Gasteiger partial charge in [0.05, 0.1) is 22.3 Å². The number of nitrogens with two attached hydrogens (primary N) is 1. The molecule has 1 aliphatic heterocycles. The molecule has 3 aromatic rings. The van der Waals surface area contributed by atoms with Gasteiger partial charge in [0.25, 0.3) is 5.91 Å². The maximum Gasteiger partial charge on any atom is 0.337 e. The third-order valence-electron chi connectivity index (χ3n) is 6.40. The lowest BCUT2D eigenvalue weighted by Gasteiger charge is -2.32. The van der Waals surface area contributed by atoms with Gasteiger partial charge < -0.3 is 31.4 Å². The number of carbonyl (C=O) groups is 3. The quantitative estimate of drug-likeness (QED) is 0.316. The van der Waals surface area contributed by atoms with Crippen molar-refractivity contribution in [3.05, 3.63) is 47.5 Å². The fourth-order valence-corrected chi connectivity index (χ4v) is 4.55. The summed E-state index contributed by atoms with van der Waals surface area (Å²) in [7, 11) is 0. The van der Waals surface area contributed by atoms with Gasteiger partial charge in [0, 0.05) is 24.3 Å². The first-order chi connectivity index (χ1) is 17.5. The van der Waals surface area contributed by atoms with E-state index in [1.165, 1.54) is 6.07 Å². The van der Waals surface area contributed by atoms with Gasteiger partial charge >= 0.3 is 5.97 Å². The van der Waals surface area contributed by atoms with Crippen LogP contribution in [0.15, 0.2) is 36.4 Å². The van der Waals surface area contributed by atoms with E-state index in [0.29, 0.717) is 47.9 Å². The third-order valence-corrected chi connectivity index (χ3v) is 6.40. The molecule has 1 atom stereocenters. The van der Waals surface area contributed by atoms with Crippen molar-refractivity contribution < 1.29 is 19.5 Å². The van der Waals surface area contributed by atoms with Crippen LogP contribution in [0.3, 0.4) is 0 Å². The van der Waals surface area contributed by atoms with Gasteiger partial charge in [-0.2, -0.15) is 0 Å². The number of aromatic nitrogens is 2. The summed E-state index contributed by atoms with van der Waals surface area (Å²) in [4.78, 5) is 47.4. The van der Waals surface area contributed by atoms with Crippen molar-refractivity contribution in [2.24, 2.45) is 5.41 Å². The molecule has 2 heterocycles. The molecule has 6 N–H and O–H groups in total. The van der Waals surface area contributed by atoms with Gasteiger partial charge in [-0.25, -0.2) is 9.78 Å². The van der Waals surface area contributed by atoms with Crippen LogP contribution in [0.2, 0.25) is 0 Å². The Balaban J connectivity index is 0.00000400. The van der Waals surface area contributed by atoms with Crippen LogP contribution in [-0.4, -0.2) is 52.0 Å². The Hall–Kier alpha value is -4.08. The van der Waals surface area contributed by atoms with Gasteiger partial charge in [-0.05, 0) is 54.7 Å². The number of anilines is 3. The molecule has 0 radical (unpaired) electrons. The van der Waals surface area contributed by atoms with E-state index >= 15 is 0 Å². The Bertz CT molecular complexity index is 1330. The van der Waals surface area contributed by atoms with Gasteiger partial charge in [0.1, 0.15) is 6.04 Å². The summed E-state index contributed by atoms with van der Waals surface area (Å²) in [5, 5.41) is 15.8. The predicted molar refractivity (Wildman–Crippen MR) is 151 cm³/mol. The average molecular weight is 523 g/mol. The fourth-order valence-electron chi connectivity index (χ4n) is 4.55. The molecule has 0 aliphatic carbocycles. The maximum absolute atomic E-state index is 13.5. The molecule has 0 unspecified atom stereocenters. The second kappa shape index (κ2) is 11.5. The molecule has 204 valence electrons. The van der Waals surface area contributed by atoms with Crippen LogP contribution < -0.4 is 21.3 Å². The number of imidazole rings is 1. The van der Waals surface area contributed by atoms with E-state index in [9.17, 15) is 19.5 Å². The number of carboxylic acid groups (broad SMARTS) is 1. The second-order valence-electron chi connectivity index (χ2n) is 10.7. The number of hydrogen-bond acceptors (Lipinski definition) is 6. The molecule has 2 amide bonds. The molecule has 0 bridgehead atoms. The number of hydrogen-bond donors (Lipinski definition) is 5. The monoisotopic (exact) mass is 522 g/mol. The largest absolute Gasteiger partial charge is 0.478 e. The maximum atomic E-state index is 13.5.